The van der Waals surface area contributed by atoms with Crippen molar-refractivity contribution in [3.05, 3.63) is 23.8 Å². The van der Waals surface area contributed by atoms with Crippen LogP contribution in [0.5, 0.6) is 11.5 Å². The van der Waals surface area contributed by atoms with Crippen LogP contribution in [0, 0.1) is 0 Å². The molecule has 0 aromatic heterocycles. The van der Waals surface area contributed by atoms with Gasteiger partial charge < -0.3 is 14.2 Å². The highest BCUT2D eigenvalue weighted by molar-refractivity contribution is 5.94. The van der Waals surface area contributed by atoms with Crippen molar-refractivity contribution < 1.29 is 23.8 Å². The second-order valence-electron chi connectivity index (χ2n) is 3.68. The summed E-state index contributed by atoms with van der Waals surface area (Å²) in [6.45, 7) is 1.38. The molecule has 0 N–H and O–H groups in total. The Kier molecular flexibility index (Phi) is 5.32. The average molecular weight is 252 g/mol. The molecule has 1 rings (SSSR count). The van der Waals surface area contributed by atoms with E-state index in [1.165, 1.54) is 21.1 Å². The number of ketones is 2. The predicted octanol–water partition coefficient (Wildman–Crippen LogP) is 1.49. The van der Waals surface area contributed by atoms with Crippen LogP contribution in [-0.2, 0) is 9.53 Å². The Bertz CT molecular complexity index is 439. The van der Waals surface area contributed by atoms with E-state index in [9.17, 15) is 9.59 Å². The molecule has 0 aliphatic carbocycles. The number of methoxy groups -OCH3 is 2. The number of hydrogen-bond acceptors (Lipinski definition) is 5. The summed E-state index contributed by atoms with van der Waals surface area (Å²) in [7, 11) is 2.92. The Balaban J connectivity index is 2.76. The molecule has 0 amide bonds. The van der Waals surface area contributed by atoms with Crippen molar-refractivity contribution in [3.8, 4) is 11.5 Å². The van der Waals surface area contributed by atoms with Gasteiger partial charge in [0.25, 0.3) is 0 Å². The van der Waals surface area contributed by atoms with Gasteiger partial charge in [-0.05, 0) is 25.1 Å². The van der Waals surface area contributed by atoms with E-state index < -0.39 is 0 Å². The molecular weight excluding hydrogens is 236 g/mol. The smallest absolute Gasteiger partial charge is 0.195 e. The SMILES string of the molecule is COCC(=O)COc1ccc(C(C)=O)cc1OC. The summed E-state index contributed by atoms with van der Waals surface area (Å²) in [6, 6.07) is 4.81. The maximum atomic E-state index is 11.2. The van der Waals surface area contributed by atoms with Gasteiger partial charge in [-0.2, -0.15) is 0 Å². The normalized spacial score (nSPS) is 9.94. The van der Waals surface area contributed by atoms with Crippen molar-refractivity contribution in [3.63, 3.8) is 0 Å². The summed E-state index contributed by atoms with van der Waals surface area (Å²) in [5.74, 6) is 0.616. The minimum absolute atomic E-state index is 0.00778. The van der Waals surface area contributed by atoms with Crippen LogP contribution >= 0.6 is 0 Å². The molecule has 5 nitrogen and oxygen atoms in total. The number of carbonyl (C=O) groups excluding carboxylic acids is 2. The Morgan fingerprint density at radius 2 is 1.83 bits per heavy atom. The molecule has 5 heteroatoms. The van der Waals surface area contributed by atoms with Gasteiger partial charge in [-0.3, -0.25) is 9.59 Å². The zero-order valence-corrected chi connectivity index (χ0v) is 10.7. The molecule has 0 spiro atoms. The maximum absolute atomic E-state index is 11.2. The number of hydrogen-bond donors (Lipinski definition) is 0. The minimum atomic E-state index is -0.171. The molecule has 98 valence electrons. The maximum Gasteiger partial charge on any atom is 0.195 e. The zero-order chi connectivity index (χ0) is 13.5. The Morgan fingerprint density at radius 1 is 1.11 bits per heavy atom. The lowest BCUT2D eigenvalue weighted by Gasteiger charge is -2.10. The highest BCUT2D eigenvalue weighted by Crippen LogP contribution is 2.28. The second kappa shape index (κ2) is 6.76. The molecular formula is C13H16O5. The molecule has 1 aromatic rings. The van der Waals surface area contributed by atoms with E-state index in [2.05, 4.69) is 0 Å². The first-order valence-electron chi connectivity index (χ1n) is 5.41. The lowest BCUT2D eigenvalue weighted by molar-refractivity contribution is -0.124. The fourth-order valence-corrected chi connectivity index (χ4v) is 1.37. The Labute approximate surface area is 106 Å². The van der Waals surface area contributed by atoms with Crippen molar-refractivity contribution in [2.24, 2.45) is 0 Å². The average Bonchev–Trinajstić information content (AvgIpc) is 2.36. The van der Waals surface area contributed by atoms with Crippen LogP contribution in [0.3, 0.4) is 0 Å². The molecule has 0 saturated heterocycles. The summed E-state index contributed by atoms with van der Waals surface area (Å²) >= 11 is 0. The number of carbonyl (C=O) groups is 2. The lowest BCUT2D eigenvalue weighted by Crippen LogP contribution is -2.16. The Morgan fingerprint density at radius 3 is 2.39 bits per heavy atom. The standard InChI is InChI=1S/C13H16O5/c1-9(14)10-4-5-12(13(6-10)17-3)18-8-11(15)7-16-2/h4-6H,7-8H2,1-3H3. The summed E-state index contributed by atoms with van der Waals surface area (Å²) in [5, 5.41) is 0. The van der Waals surface area contributed by atoms with E-state index in [0.717, 1.165) is 0 Å². The van der Waals surface area contributed by atoms with E-state index in [4.69, 9.17) is 14.2 Å². The largest absolute Gasteiger partial charge is 0.493 e. The van der Waals surface area contributed by atoms with Gasteiger partial charge in [0.05, 0.1) is 7.11 Å². The second-order valence-corrected chi connectivity index (χ2v) is 3.68. The van der Waals surface area contributed by atoms with Gasteiger partial charge in [0.15, 0.2) is 23.1 Å². The number of ether oxygens (including phenoxy) is 3. The van der Waals surface area contributed by atoms with Gasteiger partial charge in [-0.1, -0.05) is 0 Å². The van der Waals surface area contributed by atoms with Gasteiger partial charge in [0.2, 0.25) is 0 Å². The minimum Gasteiger partial charge on any atom is -0.493 e. The molecule has 0 heterocycles. The van der Waals surface area contributed by atoms with Crippen LogP contribution in [0.2, 0.25) is 0 Å². The molecule has 0 aliphatic rings. The van der Waals surface area contributed by atoms with Crippen LogP contribution in [0.1, 0.15) is 17.3 Å². The third kappa shape index (κ3) is 3.85. The molecule has 0 atom stereocenters. The lowest BCUT2D eigenvalue weighted by atomic mass is 10.1. The van der Waals surface area contributed by atoms with E-state index in [0.29, 0.717) is 17.1 Å². The Hall–Kier alpha value is -1.88. The van der Waals surface area contributed by atoms with Crippen LogP contribution in [0.25, 0.3) is 0 Å². The fourth-order valence-electron chi connectivity index (χ4n) is 1.37. The molecule has 1 aromatic carbocycles. The van der Waals surface area contributed by atoms with Crippen LogP contribution < -0.4 is 9.47 Å². The van der Waals surface area contributed by atoms with Gasteiger partial charge >= 0.3 is 0 Å². The summed E-state index contributed by atoms with van der Waals surface area (Å²) in [6.07, 6.45) is 0. The number of benzene rings is 1. The first-order valence-corrected chi connectivity index (χ1v) is 5.41. The summed E-state index contributed by atoms with van der Waals surface area (Å²) in [5.41, 5.74) is 0.530. The van der Waals surface area contributed by atoms with Crippen molar-refractivity contribution >= 4 is 11.6 Å². The van der Waals surface area contributed by atoms with Crippen LogP contribution in [0.15, 0.2) is 18.2 Å². The topological polar surface area (TPSA) is 61.8 Å². The summed E-state index contributed by atoms with van der Waals surface area (Å²) < 4.78 is 15.1. The first kappa shape index (κ1) is 14.2. The van der Waals surface area contributed by atoms with Gasteiger partial charge in [0.1, 0.15) is 13.2 Å². The molecule has 0 aliphatic heterocycles. The third-order valence-corrected chi connectivity index (χ3v) is 2.26. The van der Waals surface area contributed by atoms with Gasteiger partial charge in [-0.25, -0.2) is 0 Å². The van der Waals surface area contributed by atoms with E-state index in [-0.39, 0.29) is 24.8 Å². The molecule has 18 heavy (non-hydrogen) atoms. The van der Waals surface area contributed by atoms with Crippen molar-refractivity contribution in [1.82, 2.24) is 0 Å². The highest BCUT2D eigenvalue weighted by atomic mass is 16.5. The van der Waals surface area contributed by atoms with E-state index in [1.807, 2.05) is 0 Å². The van der Waals surface area contributed by atoms with Gasteiger partial charge in [0, 0.05) is 12.7 Å². The van der Waals surface area contributed by atoms with Crippen molar-refractivity contribution in [1.29, 1.82) is 0 Å². The van der Waals surface area contributed by atoms with Crippen LogP contribution in [-0.4, -0.2) is 39.0 Å². The van der Waals surface area contributed by atoms with Gasteiger partial charge in [-0.15, -0.1) is 0 Å². The molecule has 0 radical (unpaired) electrons. The van der Waals surface area contributed by atoms with Crippen LogP contribution in [0.4, 0.5) is 0 Å². The fraction of sp³-hybridized carbons (Fsp3) is 0.385. The monoisotopic (exact) mass is 252 g/mol. The first-order chi connectivity index (χ1) is 8.58. The highest BCUT2D eigenvalue weighted by Gasteiger charge is 2.10. The van der Waals surface area contributed by atoms with Crippen molar-refractivity contribution in [2.45, 2.75) is 6.92 Å². The zero-order valence-electron chi connectivity index (χ0n) is 10.7. The predicted molar refractivity (Wildman–Crippen MR) is 65.4 cm³/mol. The molecule has 0 unspecified atom stereocenters. The molecule has 0 fully saturated rings. The molecule has 0 saturated carbocycles. The van der Waals surface area contributed by atoms with Crippen molar-refractivity contribution in [2.75, 3.05) is 27.4 Å². The number of rotatable bonds is 7. The van der Waals surface area contributed by atoms with E-state index >= 15 is 0 Å². The summed E-state index contributed by atoms with van der Waals surface area (Å²) in [4.78, 5) is 22.5. The number of Topliss-reactive ketones (excluding diaryl/α,β-unsaturated/α-hetero) is 2. The van der Waals surface area contributed by atoms with E-state index in [1.54, 1.807) is 18.2 Å². The third-order valence-electron chi connectivity index (χ3n) is 2.26. The molecule has 0 bridgehead atoms. The quantitative estimate of drug-likeness (QED) is 0.688.